The van der Waals surface area contributed by atoms with Crippen LogP contribution in [0.3, 0.4) is 0 Å². The van der Waals surface area contributed by atoms with Gasteiger partial charge in [0.15, 0.2) is 0 Å². The molecule has 2 aromatic rings. The predicted octanol–water partition coefficient (Wildman–Crippen LogP) is 2.17. The van der Waals surface area contributed by atoms with E-state index in [9.17, 15) is 4.39 Å². The molecule has 0 amide bonds. The Morgan fingerprint density at radius 1 is 1.33 bits per heavy atom. The fourth-order valence-corrected chi connectivity index (χ4v) is 1.35. The van der Waals surface area contributed by atoms with E-state index in [1.165, 1.54) is 12.1 Å². The van der Waals surface area contributed by atoms with Gasteiger partial charge in [-0.1, -0.05) is 12.1 Å². The molecule has 0 saturated carbocycles. The Hall–Kier alpha value is -1.97. The van der Waals surface area contributed by atoms with Crippen molar-refractivity contribution in [2.45, 2.75) is 6.92 Å². The van der Waals surface area contributed by atoms with Crippen LogP contribution in [0.15, 0.2) is 30.5 Å². The van der Waals surface area contributed by atoms with E-state index in [-0.39, 0.29) is 5.82 Å². The van der Waals surface area contributed by atoms with Crippen molar-refractivity contribution in [2.75, 3.05) is 5.73 Å². The summed E-state index contributed by atoms with van der Waals surface area (Å²) < 4.78 is 13.0. The monoisotopic (exact) mass is 203 g/mol. The van der Waals surface area contributed by atoms with Crippen molar-refractivity contribution in [3.05, 3.63) is 42.0 Å². The molecule has 0 saturated heterocycles. The Bertz CT molecular complexity index is 497. The van der Waals surface area contributed by atoms with Crippen LogP contribution in [-0.2, 0) is 0 Å². The molecule has 3 nitrogen and oxygen atoms in total. The first-order valence-corrected chi connectivity index (χ1v) is 4.52. The number of halogens is 1. The molecule has 0 aliphatic rings. The Morgan fingerprint density at radius 2 is 2.13 bits per heavy atom. The van der Waals surface area contributed by atoms with Crippen LogP contribution >= 0.6 is 0 Å². The first kappa shape index (κ1) is 9.58. The third-order valence-electron chi connectivity index (χ3n) is 2.02. The van der Waals surface area contributed by atoms with Crippen molar-refractivity contribution in [1.29, 1.82) is 0 Å². The van der Waals surface area contributed by atoms with Crippen molar-refractivity contribution < 1.29 is 4.39 Å². The van der Waals surface area contributed by atoms with Crippen LogP contribution in [0.5, 0.6) is 0 Å². The van der Waals surface area contributed by atoms with E-state index >= 15 is 0 Å². The van der Waals surface area contributed by atoms with Crippen molar-refractivity contribution in [3.63, 3.8) is 0 Å². The second-order valence-corrected chi connectivity index (χ2v) is 3.26. The molecule has 0 unspecified atom stereocenters. The van der Waals surface area contributed by atoms with Gasteiger partial charge in [-0.3, -0.25) is 4.98 Å². The molecule has 1 heterocycles. The number of nitrogen functional groups attached to an aromatic ring is 1. The minimum absolute atomic E-state index is 0.311. The van der Waals surface area contributed by atoms with E-state index in [1.807, 2.05) is 0 Å². The van der Waals surface area contributed by atoms with Crippen molar-refractivity contribution in [2.24, 2.45) is 0 Å². The van der Waals surface area contributed by atoms with Gasteiger partial charge in [0.05, 0.1) is 5.69 Å². The van der Waals surface area contributed by atoms with Crippen LogP contribution in [0.2, 0.25) is 0 Å². The summed E-state index contributed by atoms with van der Waals surface area (Å²) in [7, 11) is 0. The number of aromatic nitrogens is 2. The van der Waals surface area contributed by atoms with E-state index < -0.39 is 0 Å². The number of hydrogen-bond donors (Lipinski definition) is 1. The maximum atomic E-state index is 13.0. The van der Waals surface area contributed by atoms with Crippen molar-refractivity contribution in [1.82, 2.24) is 9.97 Å². The Labute approximate surface area is 86.8 Å². The van der Waals surface area contributed by atoms with Gasteiger partial charge < -0.3 is 5.73 Å². The second-order valence-electron chi connectivity index (χ2n) is 3.26. The zero-order valence-corrected chi connectivity index (χ0v) is 8.24. The maximum Gasteiger partial charge on any atom is 0.150 e. The first-order chi connectivity index (χ1) is 7.16. The molecular weight excluding hydrogens is 193 g/mol. The fraction of sp³-hybridized carbons (Fsp3) is 0.0909. The topological polar surface area (TPSA) is 51.8 Å². The lowest BCUT2D eigenvalue weighted by Crippen LogP contribution is -1.98. The third kappa shape index (κ3) is 1.93. The molecule has 0 spiro atoms. The zero-order chi connectivity index (χ0) is 10.8. The van der Waals surface area contributed by atoms with Gasteiger partial charge in [0.1, 0.15) is 17.3 Å². The average molecular weight is 203 g/mol. The van der Waals surface area contributed by atoms with E-state index in [2.05, 4.69) is 9.97 Å². The average Bonchev–Trinajstić information content (AvgIpc) is 2.17. The SMILES string of the molecule is Cc1cnc(-c2cccc(F)c2)c(N)n1. The van der Waals surface area contributed by atoms with Crippen LogP contribution < -0.4 is 5.73 Å². The molecule has 2 rings (SSSR count). The zero-order valence-electron chi connectivity index (χ0n) is 8.24. The molecule has 15 heavy (non-hydrogen) atoms. The quantitative estimate of drug-likeness (QED) is 0.772. The highest BCUT2D eigenvalue weighted by atomic mass is 19.1. The summed E-state index contributed by atoms with van der Waals surface area (Å²) in [6, 6.07) is 6.13. The second kappa shape index (κ2) is 3.65. The molecule has 0 fully saturated rings. The van der Waals surface area contributed by atoms with Crippen LogP contribution in [0.4, 0.5) is 10.2 Å². The smallest absolute Gasteiger partial charge is 0.150 e. The highest BCUT2D eigenvalue weighted by Crippen LogP contribution is 2.22. The number of nitrogens with two attached hydrogens (primary N) is 1. The summed E-state index contributed by atoms with van der Waals surface area (Å²) in [5.41, 5.74) is 7.60. The Morgan fingerprint density at radius 3 is 2.80 bits per heavy atom. The van der Waals surface area contributed by atoms with Crippen LogP contribution in [0.25, 0.3) is 11.3 Å². The summed E-state index contributed by atoms with van der Waals surface area (Å²) in [6.07, 6.45) is 1.61. The van der Waals surface area contributed by atoms with Crippen LogP contribution in [0, 0.1) is 12.7 Å². The number of benzene rings is 1. The van der Waals surface area contributed by atoms with Gasteiger partial charge >= 0.3 is 0 Å². The van der Waals surface area contributed by atoms with Gasteiger partial charge in [-0.15, -0.1) is 0 Å². The standard InChI is InChI=1S/C11H10FN3/c1-7-6-14-10(11(13)15-7)8-3-2-4-9(12)5-8/h2-6H,1H3,(H2,13,15). The van der Waals surface area contributed by atoms with E-state index in [1.54, 1.807) is 25.3 Å². The lowest BCUT2D eigenvalue weighted by Gasteiger charge is -2.04. The third-order valence-corrected chi connectivity index (χ3v) is 2.02. The highest BCUT2D eigenvalue weighted by Gasteiger charge is 2.06. The minimum atomic E-state index is -0.311. The van der Waals surface area contributed by atoms with Gasteiger partial charge in [-0.25, -0.2) is 9.37 Å². The molecule has 0 aliphatic carbocycles. The van der Waals surface area contributed by atoms with Crippen LogP contribution in [-0.4, -0.2) is 9.97 Å². The van der Waals surface area contributed by atoms with Gasteiger partial charge in [-0.05, 0) is 19.1 Å². The number of aryl methyl sites for hydroxylation is 1. The summed E-state index contributed by atoms with van der Waals surface area (Å²) >= 11 is 0. The van der Waals surface area contributed by atoms with Crippen molar-refractivity contribution >= 4 is 5.82 Å². The molecule has 0 bridgehead atoms. The summed E-state index contributed by atoms with van der Waals surface area (Å²) in [5, 5.41) is 0. The minimum Gasteiger partial charge on any atom is -0.382 e. The van der Waals surface area contributed by atoms with Gasteiger partial charge in [0.25, 0.3) is 0 Å². The maximum absolute atomic E-state index is 13.0. The number of hydrogen-bond acceptors (Lipinski definition) is 3. The number of anilines is 1. The lowest BCUT2D eigenvalue weighted by atomic mass is 10.1. The summed E-state index contributed by atoms with van der Waals surface area (Å²) in [4.78, 5) is 8.21. The van der Waals surface area contributed by atoms with Gasteiger partial charge in [0.2, 0.25) is 0 Å². The van der Waals surface area contributed by atoms with Gasteiger partial charge in [-0.2, -0.15) is 0 Å². The van der Waals surface area contributed by atoms with E-state index in [0.717, 1.165) is 5.69 Å². The molecule has 0 atom stereocenters. The Balaban J connectivity index is 2.54. The van der Waals surface area contributed by atoms with E-state index in [0.29, 0.717) is 17.1 Å². The molecule has 4 heteroatoms. The van der Waals surface area contributed by atoms with Gasteiger partial charge in [0, 0.05) is 11.8 Å². The summed E-state index contributed by atoms with van der Waals surface area (Å²) in [5.74, 6) is 0.00914. The molecule has 0 aliphatic heterocycles. The van der Waals surface area contributed by atoms with Crippen molar-refractivity contribution in [3.8, 4) is 11.3 Å². The molecule has 76 valence electrons. The van der Waals surface area contributed by atoms with Crippen LogP contribution in [0.1, 0.15) is 5.69 Å². The molecule has 1 aromatic heterocycles. The predicted molar refractivity (Wildman–Crippen MR) is 56.6 cm³/mol. The highest BCUT2D eigenvalue weighted by molar-refractivity contribution is 5.69. The largest absolute Gasteiger partial charge is 0.382 e. The molecule has 1 aromatic carbocycles. The van der Waals surface area contributed by atoms with E-state index in [4.69, 9.17) is 5.73 Å². The summed E-state index contributed by atoms with van der Waals surface area (Å²) in [6.45, 7) is 1.80. The fourth-order valence-electron chi connectivity index (χ4n) is 1.35. The normalized spacial score (nSPS) is 10.3. The number of rotatable bonds is 1. The number of nitrogens with zero attached hydrogens (tertiary/aromatic N) is 2. The molecule has 0 radical (unpaired) electrons. The molecular formula is C11H10FN3. The first-order valence-electron chi connectivity index (χ1n) is 4.52. The Kier molecular flexibility index (Phi) is 2.33. The molecule has 2 N–H and O–H groups in total. The lowest BCUT2D eigenvalue weighted by molar-refractivity contribution is 0.628.